The molecule has 0 amide bonds. The van der Waals surface area contributed by atoms with Gasteiger partial charge in [-0.15, -0.1) is 11.8 Å². The summed E-state index contributed by atoms with van der Waals surface area (Å²) < 4.78 is 0. The third-order valence-electron chi connectivity index (χ3n) is 2.03. The quantitative estimate of drug-likeness (QED) is 0.706. The minimum absolute atomic E-state index is 0.524. The number of benzene rings is 1. The van der Waals surface area contributed by atoms with Gasteiger partial charge in [0, 0.05) is 10.6 Å². The molecule has 0 aliphatic carbocycles. The fraction of sp³-hybridized carbons (Fsp3) is 0.333. The molecule has 0 saturated heterocycles. The molecular formula is C9H11NOS. The maximum atomic E-state index is 5.05. The number of thioether (sulfide) groups is 1. The van der Waals surface area contributed by atoms with Gasteiger partial charge in [0.1, 0.15) is 0 Å². The van der Waals surface area contributed by atoms with Gasteiger partial charge >= 0.3 is 0 Å². The fourth-order valence-corrected chi connectivity index (χ4v) is 2.68. The number of rotatable bonds is 2. The third kappa shape index (κ3) is 1.35. The Labute approximate surface area is 76.1 Å². The second-order valence-electron chi connectivity index (χ2n) is 2.81. The molecule has 12 heavy (non-hydrogen) atoms. The number of hydrogen-bond acceptors (Lipinski definition) is 3. The zero-order chi connectivity index (χ0) is 8.39. The number of aryl methyl sites for hydroxylation is 1. The molecule has 0 fully saturated rings. The first-order valence-corrected chi connectivity index (χ1v) is 4.95. The van der Waals surface area contributed by atoms with Crippen molar-refractivity contribution in [3.8, 4) is 0 Å². The molecule has 2 N–H and O–H groups in total. The molecule has 0 unspecified atom stereocenters. The van der Waals surface area contributed by atoms with Crippen LogP contribution in [0.3, 0.4) is 0 Å². The highest BCUT2D eigenvalue weighted by atomic mass is 32.2. The van der Waals surface area contributed by atoms with E-state index in [1.54, 1.807) is 0 Å². The maximum Gasteiger partial charge on any atom is 0.0940 e. The molecule has 0 radical (unpaired) electrons. The summed E-state index contributed by atoms with van der Waals surface area (Å²) in [5.74, 6) is 6.24. The number of hydrogen-bond donors (Lipinski definition) is 1. The summed E-state index contributed by atoms with van der Waals surface area (Å²) in [5, 5.41) is 0. The van der Waals surface area contributed by atoms with Crippen LogP contribution in [-0.2, 0) is 17.9 Å². The van der Waals surface area contributed by atoms with Crippen molar-refractivity contribution < 1.29 is 4.84 Å². The summed E-state index contributed by atoms with van der Waals surface area (Å²) in [7, 11) is 0. The van der Waals surface area contributed by atoms with E-state index in [1.165, 1.54) is 28.2 Å². The lowest BCUT2D eigenvalue weighted by atomic mass is 10.1. The summed E-state index contributed by atoms with van der Waals surface area (Å²) in [5.41, 5.74) is 2.66. The Kier molecular flexibility index (Phi) is 2.35. The summed E-state index contributed by atoms with van der Waals surface area (Å²) in [6, 6.07) is 6.32. The van der Waals surface area contributed by atoms with Crippen LogP contribution in [-0.4, -0.2) is 5.75 Å². The molecule has 0 atom stereocenters. The average Bonchev–Trinajstić information content (AvgIpc) is 2.53. The maximum absolute atomic E-state index is 5.05. The van der Waals surface area contributed by atoms with E-state index >= 15 is 0 Å². The highest BCUT2D eigenvalue weighted by Crippen LogP contribution is 2.34. The Morgan fingerprint density at radius 1 is 1.50 bits per heavy atom. The van der Waals surface area contributed by atoms with Crippen LogP contribution < -0.4 is 5.90 Å². The molecule has 2 nitrogen and oxygen atoms in total. The second-order valence-corrected chi connectivity index (χ2v) is 3.92. The van der Waals surface area contributed by atoms with E-state index in [-0.39, 0.29) is 0 Å². The zero-order valence-electron chi connectivity index (χ0n) is 6.75. The molecule has 1 aliphatic heterocycles. The van der Waals surface area contributed by atoms with Crippen molar-refractivity contribution in [3.63, 3.8) is 0 Å². The van der Waals surface area contributed by atoms with Crippen LogP contribution in [0, 0.1) is 0 Å². The Morgan fingerprint density at radius 3 is 3.25 bits per heavy atom. The monoisotopic (exact) mass is 181 g/mol. The van der Waals surface area contributed by atoms with Gasteiger partial charge in [-0.1, -0.05) is 18.2 Å². The minimum Gasteiger partial charge on any atom is -0.300 e. The van der Waals surface area contributed by atoms with E-state index in [4.69, 9.17) is 5.90 Å². The van der Waals surface area contributed by atoms with Gasteiger partial charge in [-0.2, -0.15) is 0 Å². The summed E-state index contributed by atoms with van der Waals surface area (Å²) in [6.45, 7) is 0.524. The predicted molar refractivity (Wildman–Crippen MR) is 49.8 cm³/mol. The van der Waals surface area contributed by atoms with E-state index in [0.717, 1.165) is 0 Å². The first-order chi connectivity index (χ1) is 5.92. The normalized spacial score (nSPS) is 14.8. The number of nitrogens with two attached hydrogens (primary N) is 1. The smallest absolute Gasteiger partial charge is 0.0940 e. The molecule has 3 heteroatoms. The van der Waals surface area contributed by atoms with E-state index in [0.29, 0.717) is 6.61 Å². The molecule has 64 valence electrons. The van der Waals surface area contributed by atoms with E-state index in [2.05, 4.69) is 23.0 Å². The van der Waals surface area contributed by atoms with Crippen molar-refractivity contribution in [2.75, 3.05) is 5.75 Å². The average molecular weight is 181 g/mol. The molecule has 0 bridgehead atoms. The lowest BCUT2D eigenvalue weighted by Crippen LogP contribution is -2.00. The topological polar surface area (TPSA) is 35.2 Å². The summed E-state index contributed by atoms with van der Waals surface area (Å²) >= 11 is 1.90. The molecule has 0 saturated carbocycles. The van der Waals surface area contributed by atoms with Crippen molar-refractivity contribution in [1.29, 1.82) is 0 Å². The van der Waals surface area contributed by atoms with Crippen molar-refractivity contribution in [1.82, 2.24) is 0 Å². The van der Waals surface area contributed by atoms with Crippen LogP contribution in [0.2, 0.25) is 0 Å². The molecule has 0 spiro atoms. The first-order valence-electron chi connectivity index (χ1n) is 3.97. The van der Waals surface area contributed by atoms with Gasteiger partial charge in [-0.25, -0.2) is 5.90 Å². The van der Waals surface area contributed by atoms with Crippen molar-refractivity contribution in [2.24, 2.45) is 5.90 Å². The van der Waals surface area contributed by atoms with E-state index < -0.39 is 0 Å². The molecular weight excluding hydrogens is 170 g/mol. The van der Waals surface area contributed by atoms with Crippen LogP contribution in [0.25, 0.3) is 0 Å². The van der Waals surface area contributed by atoms with Crippen LogP contribution in [0.15, 0.2) is 23.1 Å². The van der Waals surface area contributed by atoms with Gasteiger partial charge in [0.15, 0.2) is 0 Å². The molecule has 2 rings (SSSR count). The molecule has 1 heterocycles. The van der Waals surface area contributed by atoms with E-state index in [1.807, 2.05) is 11.8 Å². The number of fused-ring (bicyclic) bond motifs is 1. The van der Waals surface area contributed by atoms with Gasteiger partial charge in [-0.05, 0) is 17.5 Å². The Hall–Kier alpha value is -0.510. The standard InChI is InChI=1S/C9H11NOS/c10-11-6-8-3-1-2-7-4-5-12-9(7)8/h1-3H,4-6,10H2. The SMILES string of the molecule is NOCc1cccc2c1SCC2. The fourth-order valence-electron chi connectivity index (χ4n) is 1.49. The van der Waals surface area contributed by atoms with Crippen molar-refractivity contribution in [2.45, 2.75) is 17.9 Å². The molecule has 1 aliphatic rings. The van der Waals surface area contributed by atoms with E-state index in [9.17, 15) is 0 Å². The van der Waals surface area contributed by atoms with Gasteiger partial charge in [-0.3, -0.25) is 4.84 Å². The van der Waals surface area contributed by atoms with Crippen LogP contribution in [0.4, 0.5) is 0 Å². The molecule has 0 aromatic heterocycles. The molecule has 1 aromatic carbocycles. The molecule has 1 aromatic rings. The van der Waals surface area contributed by atoms with Crippen LogP contribution in [0.5, 0.6) is 0 Å². The zero-order valence-corrected chi connectivity index (χ0v) is 7.56. The summed E-state index contributed by atoms with van der Waals surface area (Å²) in [6.07, 6.45) is 1.18. The minimum atomic E-state index is 0.524. The lowest BCUT2D eigenvalue weighted by Gasteiger charge is -2.04. The second kappa shape index (κ2) is 3.47. The largest absolute Gasteiger partial charge is 0.300 e. The summed E-state index contributed by atoms with van der Waals surface area (Å²) in [4.78, 5) is 6.02. The van der Waals surface area contributed by atoms with Gasteiger partial charge in [0.2, 0.25) is 0 Å². The van der Waals surface area contributed by atoms with Crippen LogP contribution in [0.1, 0.15) is 11.1 Å². The Bertz CT molecular complexity index is 288. The Balaban J connectivity index is 2.36. The first kappa shape index (κ1) is 8.10. The Morgan fingerprint density at radius 2 is 2.42 bits per heavy atom. The van der Waals surface area contributed by atoms with Gasteiger partial charge in [0.05, 0.1) is 6.61 Å². The third-order valence-corrected chi connectivity index (χ3v) is 3.26. The highest BCUT2D eigenvalue weighted by Gasteiger charge is 2.14. The van der Waals surface area contributed by atoms with Gasteiger partial charge < -0.3 is 0 Å². The predicted octanol–water partition coefficient (Wildman–Crippen LogP) is 1.73. The lowest BCUT2D eigenvalue weighted by molar-refractivity contribution is 0.122. The van der Waals surface area contributed by atoms with Crippen molar-refractivity contribution >= 4 is 11.8 Å². The van der Waals surface area contributed by atoms with Gasteiger partial charge in [0.25, 0.3) is 0 Å². The van der Waals surface area contributed by atoms with Crippen LogP contribution >= 0.6 is 11.8 Å². The highest BCUT2D eigenvalue weighted by molar-refractivity contribution is 7.99. The van der Waals surface area contributed by atoms with Crippen molar-refractivity contribution in [3.05, 3.63) is 29.3 Å².